The predicted molar refractivity (Wildman–Crippen MR) is 145 cm³/mol. The first-order valence-electron chi connectivity index (χ1n) is 11.3. The molecule has 0 bridgehead atoms. The van der Waals surface area contributed by atoms with Crippen LogP contribution in [0.15, 0.2) is 60.0 Å². The summed E-state index contributed by atoms with van der Waals surface area (Å²) in [4.78, 5) is 2.17. The second kappa shape index (κ2) is 8.38. The molecule has 1 aromatic heterocycles. The third-order valence-electron chi connectivity index (χ3n) is 6.07. The normalized spacial score (nSPS) is 12.4. The molecule has 33 heavy (non-hydrogen) atoms. The fraction of sp³-hybridized carbons (Fsp3) is 0.310. The molecule has 0 saturated carbocycles. The lowest BCUT2D eigenvalue weighted by Gasteiger charge is -2.28. The molecule has 0 aliphatic carbocycles. The van der Waals surface area contributed by atoms with Crippen LogP contribution in [0.3, 0.4) is 0 Å². The van der Waals surface area contributed by atoms with Gasteiger partial charge in [0.2, 0.25) is 0 Å². The van der Waals surface area contributed by atoms with E-state index in [0.29, 0.717) is 5.02 Å². The van der Waals surface area contributed by atoms with Crippen LogP contribution in [-0.2, 0) is 10.8 Å². The van der Waals surface area contributed by atoms with Crippen LogP contribution in [0.5, 0.6) is 5.75 Å². The highest BCUT2D eigenvalue weighted by atomic mass is 35.5. The van der Waals surface area contributed by atoms with Gasteiger partial charge in [-0.3, -0.25) is 0 Å². The molecule has 0 saturated heterocycles. The monoisotopic (exact) mass is 477 g/mol. The maximum Gasteiger partial charge on any atom is 0.136 e. The Balaban J connectivity index is 1.98. The Bertz CT molecular complexity index is 1310. The van der Waals surface area contributed by atoms with Crippen molar-refractivity contribution >= 4 is 50.1 Å². The van der Waals surface area contributed by atoms with E-state index in [4.69, 9.17) is 11.6 Å². The Morgan fingerprint density at radius 1 is 0.788 bits per heavy atom. The number of aryl methyl sites for hydroxylation is 1. The lowest BCUT2D eigenvalue weighted by atomic mass is 9.86. The van der Waals surface area contributed by atoms with E-state index in [-0.39, 0.29) is 16.6 Å². The van der Waals surface area contributed by atoms with Crippen LogP contribution < -0.4 is 4.90 Å². The van der Waals surface area contributed by atoms with Crippen molar-refractivity contribution in [1.29, 1.82) is 0 Å². The van der Waals surface area contributed by atoms with Crippen molar-refractivity contribution in [2.45, 2.75) is 59.3 Å². The molecule has 3 aromatic carbocycles. The molecule has 1 heterocycles. The third-order valence-corrected chi connectivity index (χ3v) is 7.41. The van der Waals surface area contributed by atoms with Gasteiger partial charge in [0, 0.05) is 21.2 Å². The molecule has 1 N–H and O–H groups in total. The highest BCUT2D eigenvalue weighted by Crippen LogP contribution is 2.47. The number of hydrogen-bond donors (Lipinski definition) is 1. The van der Waals surface area contributed by atoms with Crippen molar-refractivity contribution in [1.82, 2.24) is 0 Å². The lowest BCUT2D eigenvalue weighted by Crippen LogP contribution is -2.14. The minimum atomic E-state index is 0.0475. The molecule has 0 fully saturated rings. The van der Waals surface area contributed by atoms with E-state index in [0.717, 1.165) is 22.6 Å². The number of rotatable bonds is 3. The second-order valence-electron chi connectivity index (χ2n) is 10.8. The summed E-state index contributed by atoms with van der Waals surface area (Å²) in [6.07, 6.45) is 0. The first-order chi connectivity index (χ1) is 15.4. The summed E-state index contributed by atoms with van der Waals surface area (Å²) in [7, 11) is 0. The van der Waals surface area contributed by atoms with Gasteiger partial charge in [-0.05, 0) is 70.8 Å². The number of halogens is 1. The minimum absolute atomic E-state index is 0.0475. The summed E-state index contributed by atoms with van der Waals surface area (Å²) in [6.45, 7) is 15.3. The zero-order valence-corrected chi connectivity index (χ0v) is 22.0. The summed E-state index contributed by atoms with van der Waals surface area (Å²) in [5, 5.41) is 14.3. The topological polar surface area (TPSA) is 23.5 Å². The second-order valence-corrected chi connectivity index (χ2v) is 12.1. The van der Waals surface area contributed by atoms with Gasteiger partial charge in [0.1, 0.15) is 10.8 Å². The molecule has 4 aromatic rings. The van der Waals surface area contributed by atoms with E-state index < -0.39 is 0 Å². The first kappa shape index (κ1) is 23.7. The Morgan fingerprint density at radius 3 is 2.00 bits per heavy atom. The highest BCUT2D eigenvalue weighted by molar-refractivity contribution is 7.17. The molecule has 0 spiro atoms. The number of phenols is 1. The van der Waals surface area contributed by atoms with Crippen LogP contribution in [0.4, 0.5) is 17.1 Å². The molecule has 0 amide bonds. The Kier molecular flexibility index (Phi) is 6.01. The number of aromatic hydroxyl groups is 1. The molecule has 0 aliphatic rings. The molecular weight excluding hydrogens is 446 g/mol. The number of fused-ring (bicyclic) bond motifs is 1. The van der Waals surface area contributed by atoms with Gasteiger partial charge < -0.3 is 10.0 Å². The molecule has 0 atom stereocenters. The molecule has 2 nitrogen and oxygen atoms in total. The van der Waals surface area contributed by atoms with E-state index in [9.17, 15) is 5.11 Å². The van der Waals surface area contributed by atoms with Crippen LogP contribution in [0.2, 0.25) is 5.02 Å². The molecule has 0 unspecified atom stereocenters. The number of anilines is 3. The van der Waals surface area contributed by atoms with Crippen LogP contribution in [0.1, 0.15) is 58.2 Å². The summed E-state index contributed by atoms with van der Waals surface area (Å²) in [6, 6.07) is 19.1. The third kappa shape index (κ3) is 4.62. The average Bonchev–Trinajstić information content (AvgIpc) is 3.14. The maximum atomic E-state index is 10.5. The number of thiophene rings is 1. The molecule has 172 valence electrons. The van der Waals surface area contributed by atoms with Crippen molar-refractivity contribution < 1.29 is 5.11 Å². The summed E-state index contributed by atoms with van der Waals surface area (Å²) >= 11 is 8.42. The van der Waals surface area contributed by atoms with Crippen molar-refractivity contribution in [3.63, 3.8) is 0 Å². The van der Waals surface area contributed by atoms with Gasteiger partial charge in [0.05, 0.1) is 11.4 Å². The molecule has 0 radical (unpaired) electrons. The standard InChI is InChI=1S/C29H32ClNOS/c1-18-14-23(27(30)25(32)15-18)31(21-11-8-19(9-12-21)28(2,3)4)24-17-33-26-13-10-20(16-22(24)26)29(5,6)7/h8-17,32H,1-7H3. The van der Waals surface area contributed by atoms with Gasteiger partial charge in [0.15, 0.2) is 0 Å². The number of benzene rings is 3. The summed E-state index contributed by atoms with van der Waals surface area (Å²) < 4.78 is 1.22. The smallest absolute Gasteiger partial charge is 0.136 e. The molecular formula is C29H32ClNOS. The number of hydrogen-bond acceptors (Lipinski definition) is 3. The molecule has 4 heteroatoms. The highest BCUT2D eigenvalue weighted by Gasteiger charge is 2.23. The zero-order chi connectivity index (χ0) is 24.1. The Hall–Kier alpha value is -2.49. The van der Waals surface area contributed by atoms with E-state index in [1.807, 2.05) is 13.0 Å². The number of phenolic OH excluding ortho intramolecular Hbond substituents is 1. The van der Waals surface area contributed by atoms with E-state index in [1.165, 1.54) is 21.2 Å². The Labute approximate surface area is 206 Å². The van der Waals surface area contributed by atoms with Gasteiger partial charge in [-0.25, -0.2) is 0 Å². The predicted octanol–water partition coefficient (Wildman–Crippen LogP) is 9.63. The SMILES string of the molecule is Cc1cc(O)c(Cl)c(N(c2ccc(C(C)(C)C)cc2)c2csc3ccc(C(C)(C)C)cc23)c1. The minimum Gasteiger partial charge on any atom is -0.506 e. The molecule has 4 rings (SSSR count). The van der Waals surface area contributed by atoms with Crippen LogP contribution in [0, 0.1) is 6.92 Å². The van der Waals surface area contributed by atoms with Crippen molar-refractivity contribution in [2.75, 3.05) is 4.90 Å². The van der Waals surface area contributed by atoms with Gasteiger partial charge in [-0.1, -0.05) is 71.3 Å². The van der Waals surface area contributed by atoms with Crippen LogP contribution >= 0.6 is 22.9 Å². The number of nitrogens with zero attached hydrogens (tertiary/aromatic N) is 1. The van der Waals surface area contributed by atoms with E-state index in [2.05, 4.69) is 94.3 Å². The van der Waals surface area contributed by atoms with E-state index >= 15 is 0 Å². The van der Waals surface area contributed by atoms with E-state index in [1.54, 1.807) is 17.4 Å². The van der Waals surface area contributed by atoms with Crippen LogP contribution in [-0.4, -0.2) is 5.11 Å². The van der Waals surface area contributed by atoms with Crippen molar-refractivity contribution in [3.05, 3.63) is 81.7 Å². The summed E-state index contributed by atoms with van der Waals surface area (Å²) in [5.41, 5.74) is 6.49. The quantitative estimate of drug-likeness (QED) is 0.317. The van der Waals surface area contributed by atoms with Gasteiger partial charge in [0.25, 0.3) is 0 Å². The van der Waals surface area contributed by atoms with Crippen molar-refractivity contribution in [2.24, 2.45) is 0 Å². The fourth-order valence-corrected chi connectivity index (χ4v) is 5.17. The van der Waals surface area contributed by atoms with Gasteiger partial charge in [-0.2, -0.15) is 0 Å². The first-order valence-corrected chi connectivity index (χ1v) is 12.5. The maximum absolute atomic E-state index is 10.5. The molecule has 0 aliphatic heterocycles. The van der Waals surface area contributed by atoms with Gasteiger partial charge >= 0.3 is 0 Å². The van der Waals surface area contributed by atoms with Crippen molar-refractivity contribution in [3.8, 4) is 5.75 Å². The lowest BCUT2D eigenvalue weighted by molar-refractivity contribution is 0.475. The average molecular weight is 478 g/mol. The fourth-order valence-electron chi connectivity index (χ4n) is 4.07. The summed E-state index contributed by atoms with van der Waals surface area (Å²) in [5.74, 6) is 0.0953. The zero-order valence-electron chi connectivity index (χ0n) is 20.5. The largest absolute Gasteiger partial charge is 0.506 e. The van der Waals surface area contributed by atoms with Crippen LogP contribution in [0.25, 0.3) is 10.1 Å². The van der Waals surface area contributed by atoms with Gasteiger partial charge in [-0.15, -0.1) is 11.3 Å². The Morgan fingerprint density at radius 2 is 1.39 bits per heavy atom.